The third kappa shape index (κ3) is 4.68. The van der Waals surface area contributed by atoms with Crippen LogP contribution in [0.1, 0.15) is 13.3 Å². The molecular formula is C20H18F2N2O5. The largest absolute Gasteiger partial charge is 0.482 e. The van der Waals surface area contributed by atoms with E-state index < -0.39 is 35.3 Å². The van der Waals surface area contributed by atoms with Crippen LogP contribution < -0.4 is 15.0 Å². The van der Waals surface area contributed by atoms with Gasteiger partial charge < -0.3 is 19.7 Å². The Morgan fingerprint density at radius 1 is 1.17 bits per heavy atom. The number of hydrogen-bond donors (Lipinski definition) is 1. The number of nitrogens with one attached hydrogen (secondary N) is 1. The summed E-state index contributed by atoms with van der Waals surface area (Å²) in [4.78, 5) is 37.6. The molecule has 1 aliphatic heterocycles. The van der Waals surface area contributed by atoms with Gasteiger partial charge >= 0.3 is 5.97 Å². The van der Waals surface area contributed by atoms with Gasteiger partial charge in [0.15, 0.2) is 12.7 Å². The fraction of sp³-hybridized carbons (Fsp3) is 0.250. The maximum absolute atomic E-state index is 13.6. The van der Waals surface area contributed by atoms with Crippen LogP contribution in [0.25, 0.3) is 0 Å². The minimum Gasteiger partial charge on any atom is -0.482 e. The summed E-state index contributed by atoms with van der Waals surface area (Å²) >= 11 is 0. The molecule has 0 radical (unpaired) electrons. The molecule has 3 rings (SSSR count). The van der Waals surface area contributed by atoms with E-state index in [0.717, 1.165) is 18.2 Å². The molecule has 9 heteroatoms. The van der Waals surface area contributed by atoms with Crippen molar-refractivity contribution in [1.82, 2.24) is 0 Å². The second kappa shape index (κ2) is 8.68. The maximum Gasteiger partial charge on any atom is 0.308 e. The SMILES string of the molecule is C[C@@H](OC(=O)CCN1C(=O)COc2ccccc21)C(=O)Nc1c(F)cccc1F. The smallest absolute Gasteiger partial charge is 0.308 e. The van der Waals surface area contributed by atoms with Crippen molar-refractivity contribution >= 4 is 29.2 Å². The molecule has 7 nitrogen and oxygen atoms in total. The van der Waals surface area contributed by atoms with Crippen molar-refractivity contribution in [3.8, 4) is 5.75 Å². The summed E-state index contributed by atoms with van der Waals surface area (Å²) in [6.45, 7) is 1.18. The number of amides is 2. The van der Waals surface area contributed by atoms with Crippen molar-refractivity contribution in [2.24, 2.45) is 0 Å². The molecule has 0 saturated heterocycles. The van der Waals surface area contributed by atoms with Gasteiger partial charge in [0.1, 0.15) is 23.1 Å². The minimum atomic E-state index is -1.28. The second-order valence-corrected chi connectivity index (χ2v) is 6.27. The standard InChI is InChI=1S/C20H18F2N2O5/c1-12(20(27)23-19-13(21)5-4-6-14(19)22)29-18(26)9-10-24-15-7-2-3-8-16(15)28-11-17(24)25/h2-8,12H,9-11H2,1H3,(H,23,27)/t12-/m1/s1. The number of halogens is 2. The number of carbonyl (C=O) groups is 3. The van der Waals surface area contributed by atoms with Crippen LogP contribution in [0.15, 0.2) is 42.5 Å². The van der Waals surface area contributed by atoms with E-state index in [1.54, 1.807) is 24.3 Å². The summed E-state index contributed by atoms with van der Waals surface area (Å²) in [6.07, 6.45) is -1.46. The van der Waals surface area contributed by atoms with Crippen molar-refractivity contribution < 1.29 is 32.6 Å². The molecule has 1 heterocycles. The van der Waals surface area contributed by atoms with Crippen LogP contribution in [0, 0.1) is 11.6 Å². The molecule has 0 spiro atoms. The normalized spacial score (nSPS) is 13.9. The maximum atomic E-state index is 13.6. The molecular weight excluding hydrogens is 386 g/mol. The van der Waals surface area contributed by atoms with Gasteiger partial charge in [-0.3, -0.25) is 14.4 Å². The van der Waals surface area contributed by atoms with Crippen LogP contribution in [0.2, 0.25) is 0 Å². The lowest BCUT2D eigenvalue weighted by atomic mass is 10.2. The predicted molar refractivity (Wildman–Crippen MR) is 99.4 cm³/mol. The lowest BCUT2D eigenvalue weighted by Gasteiger charge is -2.29. The van der Waals surface area contributed by atoms with Crippen molar-refractivity contribution in [2.75, 3.05) is 23.4 Å². The molecule has 0 saturated carbocycles. The minimum absolute atomic E-state index is 0.0360. The zero-order chi connectivity index (χ0) is 21.0. The van der Waals surface area contributed by atoms with E-state index in [2.05, 4.69) is 5.32 Å². The number of benzene rings is 2. The Kier molecular flexibility index (Phi) is 6.06. The molecule has 29 heavy (non-hydrogen) atoms. The Hall–Kier alpha value is -3.49. The number of esters is 1. The third-order valence-corrected chi connectivity index (χ3v) is 4.24. The Labute approximate surface area is 165 Å². The van der Waals surface area contributed by atoms with E-state index in [-0.39, 0.29) is 25.5 Å². The number of para-hydroxylation sites is 3. The van der Waals surface area contributed by atoms with E-state index in [0.29, 0.717) is 11.4 Å². The highest BCUT2D eigenvalue weighted by Gasteiger charge is 2.26. The molecule has 0 aliphatic carbocycles. The van der Waals surface area contributed by atoms with Crippen LogP contribution in [-0.4, -0.2) is 37.0 Å². The molecule has 0 aromatic heterocycles. The molecule has 2 aromatic rings. The van der Waals surface area contributed by atoms with Crippen LogP contribution in [-0.2, 0) is 19.1 Å². The van der Waals surface area contributed by atoms with Crippen LogP contribution in [0.4, 0.5) is 20.2 Å². The van der Waals surface area contributed by atoms with E-state index in [1.807, 2.05) is 0 Å². The quantitative estimate of drug-likeness (QED) is 0.749. The first-order valence-electron chi connectivity index (χ1n) is 8.83. The average Bonchev–Trinajstić information content (AvgIpc) is 2.70. The predicted octanol–water partition coefficient (Wildman–Crippen LogP) is 2.65. The molecule has 0 unspecified atom stereocenters. The number of nitrogens with zero attached hydrogens (tertiary/aromatic N) is 1. The summed E-state index contributed by atoms with van der Waals surface area (Å²) in [5, 5.41) is 2.06. The number of carbonyl (C=O) groups excluding carboxylic acids is 3. The fourth-order valence-electron chi connectivity index (χ4n) is 2.75. The number of hydrogen-bond acceptors (Lipinski definition) is 5. The molecule has 0 fully saturated rings. The average molecular weight is 404 g/mol. The lowest BCUT2D eigenvalue weighted by molar-refractivity contribution is -0.153. The van der Waals surface area contributed by atoms with Gasteiger partial charge in [-0.1, -0.05) is 18.2 Å². The molecule has 1 aliphatic rings. The summed E-state index contributed by atoms with van der Waals surface area (Å²) in [5.74, 6) is -3.28. The number of rotatable bonds is 6. The second-order valence-electron chi connectivity index (χ2n) is 6.27. The highest BCUT2D eigenvalue weighted by Crippen LogP contribution is 2.31. The first-order valence-corrected chi connectivity index (χ1v) is 8.83. The Balaban J connectivity index is 1.55. The van der Waals surface area contributed by atoms with Gasteiger partial charge in [0.05, 0.1) is 12.1 Å². The van der Waals surface area contributed by atoms with E-state index >= 15 is 0 Å². The summed E-state index contributed by atoms with van der Waals surface area (Å²) in [7, 11) is 0. The van der Waals surface area contributed by atoms with Gasteiger partial charge in [-0.05, 0) is 31.2 Å². The Morgan fingerprint density at radius 2 is 1.86 bits per heavy atom. The van der Waals surface area contributed by atoms with Crippen LogP contribution in [0.5, 0.6) is 5.75 Å². The molecule has 152 valence electrons. The van der Waals surface area contributed by atoms with Crippen molar-refractivity contribution in [3.63, 3.8) is 0 Å². The monoisotopic (exact) mass is 404 g/mol. The molecule has 2 aromatic carbocycles. The highest BCUT2D eigenvalue weighted by molar-refractivity contribution is 5.98. The van der Waals surface area contributed by atoms with Crippen molar-refractivity contribution in [1.29, 1.82) is 0 Å². The van der Waals surface area contributed by atoms with E-state index in [4.69, 9.17) is 9.47 Å². The van der Waals surface area contributed by atoms with E-state index in [1.165, 1.54) is 11.8 Å². The van der Waals surface area contributed by atoms with Gasteiger partial charge in [0.25, 0.3) is 11.8 Å². The van der Waals surface area contributed by atoms with Gasteiger partial charge in [-0.15, -0.1) is 0 Å². The number of anilines is 2. The summed E-state index contributed by atoms with van der Waals surface area (Å²) < 4.78 is 37.6. The Morgan fingerprint density at radius 3 is 2.59 bits per heavy atom. The molecule has 2 amide bonds. The molecule has 1 atom stereocenters. The summed E-state index contributed by atoms with van der Waals surface area (Å²) in [5.41, 5.74) is -0.0757. The molecule has 0 bridgehead atoms. The van der Waals surface area contributed by atoms with Gasteiger partial charge in [-0.2, -0.15) is 0 Å². The zero-order valence-electron chi connectivity index (χ0n) is 15.5. The third-order valence-electron chi connectivity index (χ3n) is 4.24. The van der Waals surface area contributed by atoms with E-state index in [9.17, 15) is 23.2 Å². The topological polar surface area (TPSA) is 84.9 Å². The van der Waals surface area contributed by atoms with Crippen molar-refractivity contribution in [2.45, 2.75) is 19.4 Å². The lowest BCUT2D eigenvalue weighted by Crippen LogP contribution is -2.40. The Bertz CT molecular complexity index is 930. The van der Waals surface area contributed by atoms with Gasteiger partial charge in [-0.25, -0.2) is 8.78 Å². The number of ether oxygens (including phenoxy) is 2. The molecule has 1 N–H and O–H groups in total. The van der Waals surface area contributed by atoms with Gasteiger partial charge in [0.2, 0.25) is 0 Å². The van der Waals surface area contributed by atoms with Crippen molar-refractivity contribution in [3.05, 3.63) is 54.1 Å². The fourth-order valence-corrected chi connectivity index (χ4v) is 2.75. The highest BCUT2D eigenvalue weighted by atomic mass is 19.1. The first-order chi connectivity index (χ1) is 13.9. The summed E-state index contributed by atoms with van der Waals surface area (Å²) in [6, 6.07) is 10.0. The first kappa shape index (κ1) is 20.2. The van der Waals surface area contributed by atoms with Gasteiger partial charge in [0, 0.05) is 6.54 Å². The van der Waals surface area contributed by atoms with Crippen LogP contribution in [0.3, 0.4) is 0 Å². The van der Waals surface area contributed by atoms with Crippen LogP contribution >= 0.6 is 0 Å². The number of fused-ring (bicyclic) bond motifs is 1. The zero-order valence-corrected chi connectivity index (χ0v) is 15.5.